The van der Waals surface area contributed by atoms with Crippen molar-refractivity contribution in [2.45, 2.75) is 62.6 Å². The summed E-state index contributed by atoms with van der Waals surface area (Å²) in [5, 5.41) is 23.3. The van der Waals surface area contributed by atoms with Crippen LogP contribution in [0, 0.1) is 0 Å². The Hall–Kier alpha value is -0.160. The predicted molar refractivity (Wildman–Crippen MR) is 65.9 cm³/mol. The molecule has 100 valence electrons. The zero-order valence-corrected chi connectivity index (χ0v) is 10.5. The zero-order valence-electron chi connectivity index (χ0n) is 10.5. The topological polar surface area (TPSA) is 61.7 Å². The summed E-state index contributed by atoms with van der Waals surface area (Å²) in [6, 6.07) is 0.141. The van der Waals surface area contributed by atoms with Crippen LogP contribution >= 0.6 is 0 Å². The molecule has 2 rings (SSSR count). The minimum atomic E-state index is -0.260. The molecule has 0 radical (unpaired) electrons. The van der Waals surface area contributed by atoms with Gasteiger partial charge in [0.15, 0.2) is 0 Å². The smallest absolute Gasteiger partial charge is 0.0693 e. The Morgan fingerprint density at radius 3 is 2.53 bits per heavy atom. The molecule has 0 aromatic carbocycles. The second kappa shape index (κ2) is 6.14. The lowest BCUT2D eigenvalue weighted by atomic mass is 9.88. The van der Waals surface area contributed by atoms with Crippen LogP contribution in [0.1, 0.15) is 44.9 Å². The van der Waals surface area contributed by atoms with Crippen molar-refractivity contribution in [1.29, 1.82) is 0 Å². The first-order valence-corrected chi connectivity index (χ1v) is 6.90. The quantitative estimate of drug-likeness (QED) is 0.642. The van der Waals surface area contributed by atoms with Crippen LogP contribution in [0.2, 0.25) is 0 Å². The van der Waals surface area contributed by atoms with E-state index in [0.717, 1.165) is 32.1 Å². The van der Waals surface area contributed by atoms with Gasteiger partial charge in [-0.2, -0.15) is 0 Å². The molecule has 0 aromatic heterocycles. The molecule has 0 aromatic rings. The van der Waals surface area contributed by atoms with Crippen LogP contribution < -0.4 is 5.32 Å². The van der Waals surface area contributed by atoms with Crippen LogP contribution in [0.15, 0.2) is 0 Å². The summed E-state index contributed by atoms with van der Waals surface area (Å²) >= 11 is 0. The molecule has 17 heavy (non-hydrogen) atoms. The monoisotopic (exact) mass is 243 g/mol. The maximum absolute atomic E-state index is 10.1. The van der Waals surface area contributed by atoms with Gasteiger partial charge < -0.3 is 20.3 Å². The molecule has 1 aliphatic heterocycles. The summed E-state index contributed by atoms with van der Waals surface area (Å²) in [6.07, 6.45) is 6.83. The number of hydrogen-bond donors (Lipinski definition) is 3. The number of nitrogens with one attached hydrogen (secondary N) is 1. The summed E-state index contributed by atoms with van der Waals surface area (Å²) in [5.74, 6) is 0. The summed E-state index contributed by atoms with van der Waals surface area (Å²) in [7, 11) is 0. The van der Waals surface area contributed by atoms with E-state index < -0.39 is 0 Å². The summed E-state index contributed by atoms with van der Waals surface area (Å²) < 4.78 is 5.35. The number of hydrogen-bond acceptors (Lipinski definition) is 4. The van der Waals surface area contributed by atoms with Gasteiger partial charge in [-0.05, 0) is 25.7 Å². The lowest BCUT2D eigenvalue weighted by Crippen LogP contribution is -2.58. The van der Waals surface area contributed by atoms with Crippen molar-refractivity contribution in [3.05, 3.63) is 0 Å². The van der Waals surface area contributed by atoms with E-state index in [2.05, 4.69) is 5.32 Å². The van der Waals surface area contributed by atoms with Gasteiger partial charge in [0, 0.05) is 24.8 Å². The first-order chi connectivity index (χ1) is 8.26. The lowest BCUT2D eigenvalue weighted by Gasteiger charge is -2.40. The molecule has 0 spiro atoms. The van der Waals surface area contributed by atoms with Crippen molar-refractivity contribution < 1.29 is 14.9 Å². The minimum Gasteiger partial charge on any atom is -0.394 e. The molecule has 2 aliphatic rings. The van der Waals surface area contributed by atoms with E-state index in [4.69, 9.17) is 4.74 Å². The van der Waals surface area contributed by atoms with Crippen LogP contribution in [-0.2, 0) is 4.74 Å². The highest BCUT2D eigenvalue weighted by Gasteiger charge is 2.35. The SMILES string of the molecule is OCC1(NC2CCCCCC2O)CCOCC1. The van der Waals surface area contributed by atoms with Gasteiger partial charge >= 0.3 is 0 Å². The van der Waals surface area contributed by atoms with Crippen LogP contribution in [0.5, 0.6) is 0 Å². The minimum absolute atomic E-state index is 0.138. The molecule has 1 heterocycles. The molecule has 0 bridgehead atoms. The second-order valence-corrected chi connectivity index (χ2v) is 5.51. The van der Waals surface area contributed by atoms with E-state index in [-0.39, 0.29) is 24.3 Å². The molecular weight excluding hydrogens is 218 g/mol. The molecule has 3 N–H and O–H groups in total. The Morgan fingerprint density at radius 2 is 1.82 bits per heavy atom. The van der Waals surface area contributed by atoms with E-state index >= 15 is 0 Å². The standard InChI is InChI=1S/C13H25NO3/c15-10-13(6-8-17-9-7-13)14-11-4-2-1-3-5-12(11)16/h11-12,14-16H,1-10H2. The van der Waals surface area contributed by atoms with Crippen molar-refractivity contribution in [1.82, 2.24) is 5.32 Å². The van der Waals surface area contributed by atoms with Gasteiger partial charge in [-0.1, -0.05) is 19.3 Å². The Bertz CT molecular complexity index is 229. The average Bonchev–Trinajstić information content (AvgIpc) is 2.56. The molecule has 1 saturated carbocycles. The molecule has 1 saturated heterocycles. The molecule has 2 fully saturated rings. The predicted octanol–water partition coefficient (Wildman–Crippen LogP) is 0.811. The maximum atomic E-state index is 10.1. The molecule has 1 aliphatic carbocycles. The van der Waals surface area contributed by atoms with Crippen molar-refractivity contribution in [2.75, 3.05) is 19.8 Å². The largest absolute Gasteiger partial charge is 0.394 e. The van der Waals surface area contributed by atoms with Crippen molar-refractivity contribution >= 4 is 0 Å². The Morgan fingerprint density at radius 1 is 1.12 bits per heavy atom. The lowest BCUT2D eigenvalue weighted by molar-refractivity contribution is -0.00635. The Balaban J connectivity index is 1.95. The zero-order chi connectivity index (χ0) is 12.1. The maximum Gasteiger partial charge on any atom is 0.0693 e. The van der Waals surface area contributed by atoms with E-state index in [1.165, 1.54) is 12.8 Å². The van der Waals surface area contributed by atoms with Crippen LogP contribution in [0.25, 0.3) is 0 Å². The third-order valence-electron chi connectivity index (χ3n) is 4.22. The number of rotatable bonds is 3. The second-order valence-electron chi connectivity index (χ2n) is 5.51. The first-order valence-electron chi connectivity index (χ1n) is 6.90. The molecule has 0 amide bonds. The number of ether oxygens (including phenoxy) is 1. The average molecular weight is 243 g/mol. The normalized spacial score (nSPS) is 34.2. The highest BCUT2D eigenvalue weighted by atomic mass is 16.5. The van der Waals surface area contributed by atoms with E-state index in [9.17, 15) is 10.2 Å². The molecule has 2 unspecified atom stereocenters. The van der Waals surface area contributed by atoms with E-state index in [1.807, 2.05) is 0 Å². The van der Waals surface area contributed by atoms with Gasteiger partial charge in [-0.15, -0.1) is 0 Å². The third kappa shape index (κ3) is 3.41. The van der Waals surface area contributed by atoms with Crippen LogP contribution in [0.4, 0.5) is 0 Å². The van der Waals surface area contributed by atoms with E-state index in [1.54, 1.807) is 0 Å². The Kier molecular flexibility index (Phi) is 4.79. The number of aliphatic hydroxyl groups is 2. The van der Waals surface area contributed by atoms with Crippen molar-refractivity contribution in [2.24, 2.45) is 0 Å². The van der Waals surface area contributed by atoms with Gasteiger partial charge in [-0.3, -0.25) is 0 Å². The molecule has 4 heteroatoms. The summed E-state index contributed by atoms with van der Waals surface area (Å²) in [5.41, 5.74) is -0.228. The van der Waals surface area contributed by atoms with Gasteiger partial charge in [-0.25, -0.2) is 0 Å². The third-order valence-corrected chi connectivity index (χ3v) is 4.22. The number of aliphatic hydroxyl groups excluding tert-OH is 2. The fourth-order valence-corrected chi connectivity index (χ4v) is 2.96. The fourth-order valence-electron chi connectivity index (χ4n) is 2.96. The highest BCUT2D eigenvalue weighted by molar-refractivity contribution is 4.94. The molecular formula is C13H25NO3. The van der Waals surface area contributed by atoms with Gasteiger partial charge in [0.2, 0.25) is 0 Å². The fraction of sp³-hybridized carbons (Fsp3) is 1.00. The van der Waals surface area contributed by atoms with E-state index in [0.29, 0.717) is 13.2 Å². The van der Waals surface area contributed by atoms with Crippen LogP contribution in [0.3, 0.4) is 0 Å². The molecule has 2 atom stereocenters. The Labute approximate surface area is 103 Å². The molecule has 4 nitrogen and oxygen atoms in total. The summed E-state index contributed by atoms with van der Waals surface area (Å²) in [4.78, 5) is 0. The van der Waals surface area contributed by atoms with Crippen molar-refractivity contribution in [3.63, 3.8) is 0 Å². The first kappa shape index (κ1) is 13.3. The van der Waals surface area contributed by atoms with Gasteiger partial charge in [0.1, 0.15) is 0 Å². The summed E-state index contributed by atoms with van der Waals surface area (Å²) in [6.45, 7) is 1.55. The van der Waals surface area contributed by atoms with Crippen molar-refractivity contribution in [3.8, 4) is 0 Å². The van der Waals surface area contributed by atoms with Gasteiger partial charge in [0.05, 0.1) is 12.7 Å². The van der Waals surface area contributed by atoms with Gasteiger partial charge in [0.25, 0.3) is 0 Å². The van der Waals surface area contributed by atoms with Crippen LogP contribution in [-0.4, -0.2) is 47.7 Å². The highest BCUT2D eigenvalue weighted by Crippen LogP contribution is 2.25.